The lowest BCUT2D eigenvalue weighted by Gasteiger charge is -2.45. The van der Waals surface area contributed by atoms with Crippen molar-refractivity contribution in [3.05, 3.63) is 59.9 Å². The van der Waals surface area contributed by atoms with Crippen molar-refractivity contribution in [2.75, 3.05) is 0 Å². The van der Waals surface area contributed by atoms with Crippen molar-refractivity contribution in [1.82, 2.24) is 20.5 Å². The van der Waals surface area contributed by atoms with Gasteiger partial charge < -0.3 is 15.4 Å². The summed E-state index contributed by atoms with van der Waals surface area (Å²) in [6.07, 6.45) is -2.25. The van der Waals surface area contributed by atoms with E-state index in [1.165, 1.54) is 11.0 Å². The lowest BCUT2D eigenvalue weighted by molar-refractivity contribution is -0.201. The second-order valence-electron chi connectivity index (χ2n) is 11.9. The van der Waals surface area contributed by atoms with Crippen LogP contribution in [0.4, 0.5) is 13.2 Å². The number of carbonyl (C=O) groups is 2. The summed E-state index contributed by atoms with van der Waals surface area (Å²) in [6, 6.07) is 8.46. The first-order valence-corrected chi connectivity index (χ1v) is 14.0. The van der Waals surface area contributed by atoms with Gasteiger partial charge >= 0.3 is 6.18 Å². The van der Waals surface area contributed by atoms with E-state index >= 15 is 0 Å². The molecule has 0 radical (unpaired) electrons. The smallest absolute Gasteiger partial charge is 0.425 e. The number of amides is 2. The molecular weight excluding hydrogens is 535 g/mol. The fourth-order valence-corrected chi connectivity index (χ4v) is 6.68. The van der Waals surface area contributed by atoms with Crippen LogP contribution in [0.3, 0.4) is 0 Å². The molecule has 1 aromatic heterocycles. The number of nitrogens with zero attached hydrogens (tertiary/aromatic N) is 2. The molecule has 220 valence electrons. The van der Waals surface area contributed by atoms with Crippen LogP contribution in [-0.4, -0.2) is 45.5 Å². The lowest BCUT2D eigenvalue weighted by atomic mass is 9.85. The van der Waals surface area contributed by atoms with Crippen molar-refractivity contribution in [2.24, 2.45) is 17.3 Å². The number of ether oxygens (including phenoxy) is 1. The fraction of sp³-hybridized carbons (Fsp3) is 0.533. The lowest BCUT2D eigenvalue weighted by Crippen LogP contribution is -2.62. The van der Waals surface area contributed by atoms with Gasteiger partial charge in [-0.1, -0.05) is 52.0 Å². The fourth-order valence-electron chi connectivity index (χ4n) is 6.68. The largest absolute Gasteiger partial charge is 0.480 e. The van der Waals surface area contributed by atoms with Crippen LogP contribution in [0, 0.1) is 22.7 Å². The number of fused-ring (bicyclic) bond motifs is 1. The highest BCUT2D eigenvalue weighted by molar-refractivity contribution is 6.00. The maximum Gasteiger partial charge on any atom is 0.425 e. The molecule has 0 bridgehead atoms. The van der Waals surface area contributed by atoms with E-state index in [9.17, 15) is 22.8 Å². The number of pyridine rings is 1. The van der Waals surface area contributed by atoms with Crippen molar-refractivity contribution in [3.63, 3.8) is 0 Å². The third-order valence-electron chi connectivity index (χ3n) is 9.27. The van der Waals surface area contributed by atoms with Gasteiger partial charge in [0.15, 0.2) is 12.1 Å². The number of aromatic nitrogens is 1. The van der Waals surface area contributed by atoms with E-state index in [1.54, 1.807) is 36.7 Å². The molecule has 2 amide bonds. The first-order valence-electron chi connectivity index (χ1n) is 14.0. The Labute approximate surface area is 237 Å². The van der Waals surface area contributed by atoms with Crippen LogP contribution >= 0.6 is 0 Å². The molecule has 4 unspecified atom stereocenters. The third-order valence-corrected chi connectivity index (χ3v) is 9.27. The van der Waals surface area contributed by atoms with Gasteiger partial charge in [-0.05, 0) is 36.0 Å². The Balaban J connectivity index is 1.44. The van der Waals surface area contributed by atoms with E-state index in [1.807, 2.05) is 33.8 Å². The molecule has 1 saturated carbocycles. The van der Waals surface area contributed by atoms with Crippen molar-refractivity contribution < 1.29 is 27.5 Å². The first-order chi connectivity index (χ1) is 19.3. The molecule has 3 heterocycles. The molecule has 41 heavy (non-hydrogen) atoms. The van der Waals surface area contributed by atoms with Gasteiger partial charge in [-0.3, -0.25) is 24.9 Å². The minimum atomic E-state index is -4.59. The monoisotopic (exact) mass is 571 g/mol. The average molecular weight is 572 g/mol. The number of nitrogens with one attached hydrogen (secondary N) is 3. The van der Waals surface area contributed by atoms with Gasteiger partial charge in [-0.25, -0.2) is 0 Å². The Morgan fingerprint density at radius 1 is 1.22 bits per heavy atom. The predicted octanol–water partition coefficient (Wildman–Crippen LogP) is 5.28. The second kappa shape index (κ2) is 10.3. The summed E-state index contributed by atoms with van der Waals surface area (Å²) >= 11 is 0. The van der Waals surface area contributed by atoms with Gasteiger partial charge in [0.25, 0.3) is 0 Å². The number of carbonyl (C=O) groups excluding carboxylic acids is 2. The summed E-state index contributed by atoms with van der Waals surface area (Å²) in [5.41, 5.74) is 0.0667. The van der Waals surface area contributed by atoms with Crippen LogP contribution < -0.4 is 15.4 Å². The molecule has 1 aliphatic carbocycles. The number of benzene rings is 1. The number of hydrogen-bond acceptors (Lipinski definition) is 5. The van der Waals surface area contributed by atoms with E-state index in [2.05, 4.69) is 15.6 Å². The number of alkyl halides is 3. The van der Waals surface area contributed by atoms with Gasteiger partial charge in [0.1, 0.15) is 5.75 Å². The van der Waals surface area contributed by atoms with E-state index in [-0.39, 0.29) is 24.0 Å². The topological polar surface area (TPSA) is 107 Å². The molecular formula is C30H36F3N5O3. The second-order valence-corrected chi connectivity index (χ2v) is 11.9. The average Bonchev–Trinajstić information content (AvgIpc) is 3.51. The van der Waals surface area contributed by atoms with E-state index < -0.39 is 59.5 Å². The van der Waals surface area contributed by atoms with E-state index in [0.29, 0.717) is 24.0 Å². The van der Waals surface area contributed by atoms with Gasteiger partial charge in [0.2, 0.25) is 11.8 Å². The SMILES string of the molecule is CCC1(CC)CC(=O)N(C(c2cccnc2)C2C(C(=O)N[C@H]3CC(C(F)(F)F)Oc4ccccc43)C2(C)C)C(=N)N1. The summed E-state index contributed by atoms with van der Waals surface area (Å²) in [5.74, 6) is -1.54. The summed E-state index contributed by atoms with van der Waals surface area (Å²) < 4.78 is 46.2. The van der Waals surface area contributed by atoms with Crippen LogP contribution in [-0.2, 0) is 9.59 Å². The molecule has 3 N–H and O–H groups in total. The molecule has 5 atom stereocenters. The van der Waals surface area contributed by atoms with Crippen molar-refractivity contribution in [1.29, 1.82) is 5.41 Å². The highest BCUT2D eigenvalue weighted by atomic mass is 19.4. The van der Waals surface area contributed by atoms with E-state index in [4.69, 9.17) is 10.1 Å². The Hall–Kier alpha value is -3.63. The quantitative estimate of drug-likeness (QED) is 0.419. The minimum absolute atomic E-state index is 0.0213. The molecule has 2 aliphatic heterocycles. The third kappa shape index (κ3) is 5.15. The minimum Gasteiger partial charge on any atom is -0.480 e. The first kappa shape index (κ1) is 28.9. The predicted molar refractivity (Wildman–Crippen MR) is 146 cm³/mol. The van der Waals surface area contributed by atoms with Crippen LogP contribution in [0.25, 0.3) is 0 Å². The molecule has 0 spiro atoms. The zero-order valence-corrected chi connectivity index (χ0v) is 23.6. The summed E-state index contributed by atoms with van der Waals surface area (Å²) in [6.45, 7) is 7.78. The Morgan fingerprint density at radius 3 is 2.54 bits per heavy atom. The number of halogens is 3. The Morgan fingerprint density at radius 2 is 1.93 bits per heavy atom. The highest BCUT2D eigenvalue weighted by Gasteiger charge is 2.67. The van der Waals surface area contributed by atoms with Crippen LogP contribution in [0.15, 0.2) is 48.8 Å². The van der Waals surface area contributed by atoms with Gasteiger partial charge in [0, 0.05) is 41.8 Å². The molecule has 2 fully saturated rings. The van der Waals surface area contributed by atoms with Crippen molar-refractivity contribution >= 4 is 17.8 Å². The number of rotatable bonds is 7. The number of guanidine groups is 1. The Kier molecular flexibility index (Phi) is 7.28. The molecule has 3 aliphatic rings. The standard InChI is InChI=1S/C30H36F3N5O3/c1-5-29(6-2)15-22(39)38(27(34)37-29)25(17-10-9-13-35-16-17)23-24(28(23,3)4)26(40)36-19-14-21(30(31,32)33)41-20-12-8-7-11-18(19)20/h7-13,16,19,21,23-25H,5-6,14-15H2,1-4H3,(H2,34,37)(H,36,40)/t19-,21?,23?,24?,25?/m0/s1. The van der Waals surface area contributed by atoms with E-state index in [0.717, 1.165) is 0 Å². The maximum atomic E-state index is 13.8. The molecule has 2 aromatic rings. The van der Waals surface area contributed by atoms with Crippen molar-refractivity contribution in [2.45, 2.75) is 83.3 Å². The summed E-state index contributed by atoms with van der Waals surface area (Å²) in [5, 5.41) is 15.0. The van der Waals surface area contributed by atoms with Crippen LogP contribution in [0.5, 0.6) is 5.75 Å². The molecule has 1 saturated heterocycles. The number of hydrogen-bond donors (Lipinski definition) is 3. The highest BCUT2D eigenvalue weighted by Crippen LogP contribution is 2.65. The van der Waals surface area contributed by atoms with Gasteiger partial charge in [-0.15, -0.1) is 0 Å². The molecule has 11 heteroatoms. The Bertz CT molecular complexity index is 1310. The van der Waals surface area contributed by atoms with Crippen molar-refractivity contribution in [3.8, 4) is 5.75 Å². The zero-order chi connectivity index (χ0) is 29.7. The van der Waals surface area contributed by atoms with Gasteiger partial charge in [0.05, 0.1) is 18.5 Å². The maximum absolute atomic E-state index is 13.8. The zero-order valence-electron chi connectivity index (χ0n) is 23.6. The van der Waals surface area contributed by atoms with Crippen LogP contribution in [0.2, 0.25) is 0 Å². The van der Waals surface area contributed by atoms with Gasteiger partial charge in [-0.2, -0.15) is 13.2 Å². The normalized spacial score (nSPS) is 27.2. The number of para-hydroxylation sites is 1. The summed E-state index contributed by atoms with van der Waals surface area (Å²) in [4.78, 5) is 33.2. The molecule has 1 aromatic carbocycles. The van der Waals surface area contributed by atoms with Crippen LogP contribution in [0.1, 0.15) is 76.6 Å². The summed E-state index contributed by atoms with van der Waals surface area (Å²) in [7, 11) is 0. The molecule has 5 rings (SSSR count). The molecule has 8 nitrogen and oxygen atoms in total.